The van der Waals surface area contributed by atoms with E-state index >= 15 is 0 Å². The number of aromatic nitrogens is 1. The zero-order chi connectivity index (χ0) is 29.0. The Morgan fingerprint density at radius 2 is 1.31 bits per heavy atom. The van der Waals surface area contributed by atoms with Gasteiger partial charge in [-0.1, -0.05) is 72.8 Å². The van der Waals surface area contributed by atoms with Crippen LogP contribution in [0.3, 0.4) is 0 Å². The van der Waals surface area contributed by atoms with E-state index < -0.39 is 5.92 Å². The van der Waals surface area contributed by atoms with Gasteiger partial charge in [0.25, 0.3) is 5.56 Å². The van der Waals surface area contributed by atoms with Crippen LogP contribution in [-0.4, -0.2) is 16.1 Å². The predicted octanol–water partition coefficient (Wildman–Crippen LogP) is 6.63. The molecule has 2 heterocycles. The van der Waals surface area contributed by atoms with Crippen molar-refractivity contribution in [2.75, 3.05) is 4.90 Å². The van der Waals surface area contributed by atoms with Crippen molar-refractivity contribution in [2.45, 2.75) is 12.8 Å². The number of carbonyl (C=O) groups is 2. The number of aryl methyl sites for hydroxylation is 1. The first-order chi connectivity index (χ1) is 20.5. The van der Waals surface area contributed by atoms with Gasteiger partial charge in [0, 0.05) is 39.7 Å². The van der Waals surface area contributed by atoms with E-state index in [9.17, 15) is 19.6 Å². The minimum Gasteiger partial charge on any atom is -0.306 e. The molecule has 0 fully saturated rings. The predicted molar refractivity (Wildman–Crippen MR) is 160 cm³/mol. The number of rotatable bonds is 3. The number of hydrogen-bond acceptors (Lipinski definition) is 5. The highest BCUT2D eigenvalue weighted by Crippen LogP contribution is 2.50. The van der Waals surface area contributed by atoms with E-state index in [2.05, 4.69) is 6.07 Å². The highest BCUT2D eigenvalue weighted by Gasteiger charge is 2.46. The minimum absolute atomic E-state index is 0.223. The summed E-state index contributed by atoms with van der Waals surface area (Å²) in [4.78, 5) is 45.3. The molecule has 1 aromatic heterocycles. The molecule has 6 heteroatoms. The number of ketones is 2. The van der Waals surface area contributed by atoms with E-state index in [1.54, 1.807) is 51.9 Å². The maximum absolute atomic E-state index is 14.7. The average Bonchev–Trinajstić information content (AvgIpc) is 3.03. The molecule has 4 aromatic carbocycles. The number of hydrogen-bond donors (Lipinski definition) is 0. The Balaban J connectivity index is 1.64. The van der Waals surface area contributed by atoms with Crippen molar-refractivity contribution in [1.82, 2.24) is 4.57 Å². The van der Waals surface area contributed by atoms with E-state index in [0.29, 0.717) is 50.6 Å². The topological polar surface area (TPSA) is 83.2 Å². The Bertz CT molecular complexity index is 2070. The Kier molecular flexibility index (Phi) is 5.81. The fourth-order valence-electron chi connectivity index (χ4n) is 6.19. The molecule has 0 amide bonds. The van der Waals surface area contributed by atoms with Crippen molar-refractivity contribution in [3.8, 4) is 11.8 Å². The van der Waals surface area contributed by atoms with Gasteiger partial charge in [0.15, 0.2) is 5.78 Å². The van der Waals surface area contributed by atoms with Gasteiger partial charge in [0.2, 0.25) is 5.78 Å². The molecule has 5 aromatic rings. The number of fused-ring (bicyclic) bond motifs is 2. The molecule has 0 spiro atoms. The van der Waals surface area contributed by atoms with Crippen LogP contribution in [-0.2, 0) is 0 Å². The van der Waals surface area contributed by atoms with Gasteiger partial charge in [-0.25, -0.2) is 0 Å². The normalized spacial score (nSPS) is 15.5. The first-order valence-electron chi connectivity index (χ1n) is 13.6. The van der Waals surface area contributed by atoms with Gasteiger partial charge in [-0.3, -0.25) is 19.0 Å². The number of nitriles is 1. The molecule has 1 atom stereocenters. The van der Waals surface area contributed by atoms with E-state index in [0.717, 1.165) is 0 Å². The lowest BCUT2D eigenvalue weighted by Crippen LogP contribution is -2.41. The number of nitrogens with zero attached hydrogens (tertiary/aromatic N) is 3. The Labute approximate surface area is 242 Å². The van der Waals surface area contributed by atoms with Crippen LogP contribution in [0.15, 0.2) is 131 Å². The molecule has 42 heavy (non-hydrogen) atoms. The van der Waals surface area contributed by atoms with Gasteiger partial charge in [0.1, 0.15) is 5.70 Å². The molecule has 0 N–H and O–H groups in total. The number of Topliss-reactive ketones (excluding diaryl/α,β-unsaturated/α-hetero) is 2. The first kappa shape index (κ1) is 25.2. The lowest BCUT2D eigenvalue weighted by molar-refractivity contribution is 0.0968. The molecule has 0 saturated carbocycles. The highest BCUT2D eigenvalue weighted by atomic mass is 16.1. The maximum Gasteiger partial charge on any atom is 0.261 e. The van der Waals surface area contributed by atoms with E-state index in [1.165, 1.54) is 0 Å². The number of anilines is 2. The summed E-state index contributed by atoms with van der Waals surface area (Å²) < 4.78 is 1.64. The highest BCUT2D eigenvalue weighted by molar-refractivity contribution is 6.30. The molecule has 2 aliphatic rings. The van der Waals surface area contributed by atoms with Crippen LogP contribution in [0.4, 0.5) is 11.4 Å². The number of para-hydroxylation sites is 2. The SMILES string of the molecule is Cc1cc2c(c(=O)n1-c1ccccc1)C(c1cccc(C#N)c1)C1=C(C(=O)c3ccccc3C1=O)N2c1ccccc1. The monoisotopic (exact) mass is 545 g/mol. The third-order valence-corrected chi connectivity index (χ3v) is 7.96. The molecular weight excluding hydrogens is 522 g/mol. The summed E-state index contributed by atoms with van der Waals surface area (Å²) in [6.45, 7) is 1.86. The second-order valence-electron chi connectivity index (χ2n) is 10.4. The van der Waals surface area contributed by atoms with Gasteiger partial charge < -0.3 is 4.90 Å². The van der Waals surface area contributed by atoms with Crippen LogP contribution >= 0.6 is 0 Å². The van der Waals surface area contributed by atoms with Gasteiger partial charge in [0.05, 0.1) is 22.9 Å². The fourth-order valence-corrected chi connectivity index (χ4v) is 6.19. The van der Waals surface area contributed by atoms with Gasteiger partial charge in [-0.05, 0) is 55.0 Å². The summed E-state index contributed by atoms with van der Waals surface area (Å²) in [5, 5.41) is 9.73. The lowest BCUT2D eigenvalue weighted by atomic mass is 9.72. The van der Waals surface area contributed by atoms with Crippen molar-refractivity contribution in [2.24, 2.45) is 0 Å². The van der Waals surface area contributed by atoms with Crippen molar-refractivity contribution in [3.63, 3.8) is 0 Å². The largest absolute Gasteiger partial charge is 0.306 e. The summed E-state index contributed by atoms with van der Waals surface area (Å²) in [7, 11) is 0. The van der Waals surface area contributed by atoms with Crippen LogP contribution < -0.4 is 10.5 Å². The number of allylic oxidation sites excluding steroid dienone is 2. The molecule has 7 rings (SSSR count). The quantitative estimate of drug-likeness (QED) is 0.254. The molecule has 0 radical (unpaired) electrons. The van der Waals surface area contributed by atoms with Crippen molar-refractivity contribution in [1.29, 1.82) is 5.26 Å². The summed E-state index contributed by atoms with van der Waals surface area (Å²) >= 11 is 0. The number of benzene rings is 4. The van der Waals surface area contributed by atoms with E-state index in [1.807, 2.05) is 79.7 Å². The van der Waals surface area contributed by atoms with E-state index in [-0.39, 0.29) is 28.4 Å². The smallest absolute Gasteiger partial charge is 0.261 e. The standard InChI is InChI=1S/C36H23N3O3/c1-22-19-29-31(36(42)38(22)25-13-4-2-5-14-25)30(24-12-10-11-23(20-24)21-37)32-33(39(29)26-15-6-3-7-16-26)35(41)28-18-9-8-17-27(28)34(32)40/h2-20,30H,1H3. The van der Waals surface area contributed by atoms with Gasteiger partial charge in [-0.2, -0.15) is 5.26 Å². The molecule has 1 aliphatic carbocycles. The van der Waals surface area contributed by atoms with Crippen molar-refractivity contribution >= 4 is 22.9 Å². The molecule has 200 valence electrons. The second kappa shape index (κ2) is 9.69. The van der Waals surface area contributed by atoms with Gasteiger partial charge >= 0.3 is 0 Å². The zero-order valence-electron chi connectivity index (χ0n) is 22.6. The second-order valence-corrected chi connectivity index (χ2v) is 10.4. The molecule has 1 aliphatic heterocycles. The maximum atomic E-state index is 14.7. The Hall–Kier alpha value is -5.80. The summed E-state index contributed by atoms with van der Waals surface area (Å²) in [5.74, 6) is -1.48. The number of pyridine rings is 1. The lowest BCUT2D eigenvalue weighted by Gasteiger charge is -2.40. The molecule has 6 nitrogen and oxygen atoms in total. The van der Waals surface area contributed by atoms with Crippen LogP contribution in [0.1, 0.15) is 49.0 Å². The van der Waals surface area contributed by atoms with Crippen LogP contribution in [0.25, 0.3) is 5.69 Å². The van der Waals surface area contributed by atoms with Crippen LogP contribution in [0.2, 0.25) is 0 Å². The van der Waals surface area contributed by atoms with Crippen molar-refractivity contribution < 1.29 is 9.59 Å². The molecular formula is C36H23N3O3. The average molecular weight is 546 g/mol. The van der Waals surface area contributed by atoms with Gasteiger partial charge in [-0.15, -0.1) is 0 Å². The molecule has 1 unspecified atom stereocenters. The minimum atomic E-state index is -0.879. The third kappa shape index (κ3) is 3.68. The van der Waals surface area contributed by atoms with Crippen LogP contribution in [0.5, 0.6) is 0 Å². The van der Waals surface area contributed by atoms with Crippen LogP contribution in [0, 0.1) is 18.3 Å². The Morgan fingerprint density at radius 3 is 1.98 bits per heavy atom. The molecule has 0 bridgehead atoms. The van der Waals surface area contributed by atoms with E-state index in [4.69, 9.17) is 0 Å². The van der Waals surface area contributed by atoms with Crippen molar-refractivity contribution in [3.05, 3.63) is 170 Å². The first-order valence-corrected chi connectivity index (χ1v) is 13.6. The summed E-state index contributed by atoms with van der Waals surface area (Å²) in [6.07, 6.45) is 0. The Morgan fingerprint density at radius 1 is 0.690 bits per heavy atom. The summed E-state index contributed by atoms with van der Waals surface area (Å²) in [6, 6.07) is 36.5. The zero-order valence-corrected chi connectivity index (χ0v) is 22.6. The third-order valence-electron chi connectivity index (χ3n) is 7.96. The summed E-state index contributed by atoms with van der Waals surface area (Å²) in [5.41, 5.74) is 4.69. The molecule has 0 saturated heterocycles. The fraction of sp³-hybridized carbons (Fsp3) is 0.0556. The number of carbonyl (C=O) groups excluding carboxylic acids is 2.